The van der Waals surface area contributed by atoms with Crippen molar-refractivity contribution < 1.29 is 9.59 Å². The van der Waals surface area contributed by atoms with E-state index in [9.17, 15) is 9.59 Å². The van der Waals surface area contributed by atoms with Crippen LogP contribution in [-0.4, -0.2) is 21.4 Å². The number of fused-ring (bicyclic) bond motifs is 1. The molecule has 6 nitrogen and oxygen atoms in total. The smallest absolute Gasteiger partial charge is 0.244 e. The zero-order valence-corrected chi connectivity index (χ0v) is 15.9. The summed E-state index contributed by atoms with van der Waals surface area (Å²) in [4.78, 5) is 28.9. The number of hydrogen-bond acceptors (Lipinski definition) is 3. The number of para-hydroxylation sites is 3. The number of nitrogens with one attached hydrogen (secondary N) is 2. The van der Waals surface area contributed by atoms with Gasteiger partial charge in [-0.25, -0.2) is 4.98 Å². The summed E-state index contributed by atoms with van der Waals surface area (Å²) in [7, 11) is 0. The van der Waals surface area contributed by atoms with Crippen molar-refractivity contribution in [3.63, 3.8) is 0 Å². The van der Waals surface area contributed by atoms with E-state index in [2.05, 4.69) is 15.6 Å². The first-order valence-corrected chi connectivity index (χ1v) is 9.06. The summed E-state index contributed by atoms with van der Waals surface area (Å²) in [5, 5.41) is 5.85. The fourth-order valence-corrected chi connectivity index (χ4v) is 3.07. The van der Waals surface area contributed by atoms with Crippen molar-refractivity contribution in [2.45, 2.75) is 40.3 Å². The van der Waals surface area contributed by atoms with Gasteiger partial charge in [0.25, 0.3) is 0 Å². The standard InChI is InChI=1S/C21H24N4O2/c1-4-19(26)22-12-18-23-16-10-5-6-11-17(16)25(18)13-20(27)24-21-14(2)8-7-9-15(21)3/h5-11H,4,12-13H2,1-3H3,(H,22,26)(H,24,27). The third kappa shape index (κ3) is 4.16. The Morgan fingerprint density at radius 1 is 1.00 bits per heavy atom. The summed E-state index contributed by atoms with van der Waals surface area (Å²) in [5.74, 6) is 0.488. The average molecular weight is 364 g/mol. The van der Waals surface area contributed by atoms with Crippen LogP contribution in [0.2, 0.25) is 0 Å². The molecule has 0 saturated heterocycles. The number of aryl methyl sites for hydroxylation is 2. The van der Waals surface area contributed by atoms with Crippen LogP contribution in [0.5, 0.6) is 0 Å². The zero-order valence-electron chi connectivity index (χ0n) is 15.9. The van der Waals surface area contributed by atoms with E-state index >= 15 is 0 Å². The summed E-state index contributed by atoms with van der Waals surface area (Å²) in [6, 6.07) is 13.6. The van der Waals surface area contributed by atoms with Gasteiger partial charge in [0.15, 0.2) is 0 Å². The Labute approximate surface area is 158 Å². The highest BCUT2D eigenvalue weighted by Crippen LogP contribution is 2.20. The number of nitrogens with zero attached hydrogens (tertiary/aromatic N) is 2. The molecule has 0 atom stereocenters. The predicted octanol–water partition coefficient (Wildman–Crippen LogP) is 3.32. The van der Waals surface area contributed by atoms with Gasteiger partial charge in [-0.1, -0.05) is 37.3 Å². The molecule has 0 bridgehead atoms. The molecule has 2 N–H and O–H groups in total. The molecule has 2 aromatic carbocycles. The fourth-order valence-electron chi connectivity index (χ4n) is 3.07. The van der Waals surface area contributed by atoms with Crippen LogP contribution in [0.15, 0.2) is 42.5 Å². The summed E-state index contributed by atoms with van der Waals surface area (Å²) in [6.45, 7) is 6.17. The summed E-state index contributed by atoms with van der Waals surface area (Å²) in [5.41, 5.74) is 4.56. The van der Waals surface area contributed by atoms with Gasteiger partial charge in [0, 0.05) is 12.1 Å². The second kappa shape index (κ2) is 8.03. The van der Waals surface area contributed by atoms with Crippen LogP contribution in [0.3, 0.4) is 0 Å². The van der Waals surface area contributed by atoms with Crippen molar-refractivity contribution in [2.24, 2.45) is 0 Å². The number of amides is 2. The molecule has 0 aliphatic rings. The number of aromatic nitrogens is 2. The number of carbonyl (C=O) groups excluding carboxylic acids is 2. The highest BCUT2D eigenvalue weighted by Gasteiger charge is 2.15. The number of benzene rings is 2. The SMILES string of the molecule is CCC(=O)NCc1nc2ccccc2n1CC(=O)Nc1c(C)cccc1C. The van der Waals surface area contributed by atoms with Gasteiger partial charge in [0.05, 0.1) is 17.6 Å². The van der Waals surface area contributed by atoms with Crippen molar-refractivity contribution in [3.05, 3.63) is 59.4 Å². The molecule has 0 aliphatic carbocycles. The highest BCUT2D eigenvalue weighted by atomic mass is 16.2. The molecule has 3 aromatic rings. The van der Waals surface area contributed by atoms with E-state index in [1.165, 1.54) is 0 Å². The molecule has 0 saturated carbocycles. The Morgan fingerprint density at radius 3 is 2.41 bits per heavy atom. The van der Waals surface area contributed by atoms with Crippen molar-refractivity contribution in [1.82, 2.24) is 14.9 Å². The van der Waals surface area contributed by atoms with Crippen LogP contribution in [0.1, 0.15) is 30.3 Å². The molecule has 0 spiro atoms. The molecule has 6 heteroatoms. The minimum absolute atomic E-state index is 0.0476. The Hall–Kier alpha value is -3.15. The number of hydrogen-bond donors (Lipinski definition) is 2. The minimum Gasteiger partial charge on any atom is -0.349 e. The minimum atomic E-state index is -0.126. The highest BCUT2D eigenvalue weighted by molar-refractivity contribution is 5.93. The first kappa shape index (κ1) is 18.6. The van der Waals surface area contributed by atoms with Crippen molar-refractivity contribution in [1.29, 1.82) is 0 Å². The van der Waals surface area contributed by atoms with E-state index < -0.39 is 0 Å². The Morgan fingerprint density at radius 2 is 1.70 bits per heavy atom. The predicted molar refractivity (Wildman–Crippen MR) is 106 cm³/mol. The normalized spacial score (nSPS) is 10.8. The molecule has 1 heterocycles. The molecular formula is C21H24N4O2. The molecule has 27 heavy (non-hydrogen) atoms. The molecule has 140 valence electrons. The van der Waals surface area contributed by atoms with E-state index in [1.807, 2.05) is 60.9 Å². The van der Waals surface area contributed by atoms with E-state index in [-0.39, 0.29) is 24.9 Å². The topological polar surface area (TPSA) is 76.0 Å². The summed E-state index contributed by atoms with van der Waals surface area (Å²) >= 11 is 0. The van der Waals surface area contributed by atoms with Crippen LogP contribution in [0, 0.1) is 13.8 Å². The fraction of sp³-hybridized carbons (Fsp3) is 0.286. The molecule has 0 fully saturated rings. The van der Waals surface area contributed by atoms with Crippen LogP contribution in [-0.2, 0) is 22.7 Å². The van der Waals surface area contributed by atoms with Gasteiger partial charge < -0.3 is 15.2 Å². The monoisotopic (exact) mass is 364 g/mol. The van der Waals surface area contributed by atoms with E-state index in [4.69, 9.17) is 0 Å². The lowest BCUT2D eigenvalue weighted by atomic mass is 10.1. The second-order valence-electron chi connectivity index (χ2n) is 6.55. The Kier molecular flexibility index (Phi) is 5.54. The van der Waals surface area contributed by atoms with Crippen LogP contribution in [0.4, 0.5) is 5.69 Å². The van der Waals surface area contributed by atoms with E-state index in [1.54, 1.807) is 6.92 Å². The zero-order chi connectivity index (χ0) is 19.4. The second-order valence-corrected chi connectivity index (χ2v) is 6.55. The quantitative estimate of drug-likeness (QED) is 0.704. The number of imidazole rings is 1. The van der Waals surface area contributed by atoms with Crippen molar-refractivity contribution in [2.75, 3.05) is 5.32 Å². The first-order valence-electron chi connectivity index (χ1n) is 9.06. The van der Waals surface area contributed by atoms with Gasteiger partial charge in [-0.05, 0) is 37.1 Å². The number of carbonyl (C=O) groups is 2. The largest absolute Gasteiger partial charge is 0.349 e. The summed E-state index contributed by atoms with van der Waals surface area (Å²) in [6.07, 6.45) is 0.410. The lowest BCUT2D eigenvalue weighted by Gasteiger charge is -2.13. The molecule has 0 unspecified atom stereocenters. The van der Waals surface area contributed by atoms with Gasteiger partial charge >= 0.3 is 0 Å². The van der Waals surface area contributed by atoms with Crippen molar-refractivity contribution in [3.8, 4) is 0 Å². The molecule has 0 radical (unpaired) electrons. The van der Waals surface area contributed by atoms with Gasteiger partial charge in [-0.2, -0.15) is 0 Å². The molecule has 1 aromatic heterocycles. The summed E-state index contributed by atoms with van der Waals surface area (Å²) < 4.78 is 1.86. The molecule has 0 aliphatic heterocycles. The van der Waals surface area contributed by atoms with E-state index in [0.29, 0.717) is 12.2 Å². The van der Waals surface area contributed by atoms with E-state index in [0.717, 1.165) is 27.8 Å². The van der Waals surface area contributed by atoms with Gasteiger partial charge in [0.2, 0.25) is 11.8 Å². The Bertz CT molecular complexity index is 971. The average Bonchev–Trinajstić information content (AvgIpc) is 3.00. The van der Waals surface area contributed by atoms with Gasteiger partial charge in [-0.3, -0.25) is 9.59 Å². The lowest BCUT2D eigenvalue weighted by molar-refractivity contribution is -0.121. The van der Waals surface area contributed by atoms with Crippen LogP contribution < -0.4 is 10.6 Å². The molecule has 3 rings (SSSR count). The maximum atomic E-state index is 12.7. The maximum absolute atomic E-state index is 12.7. The Balaban J connectivity index is 1.86. The molecular weight excluding hydrogens is 340 g/mol. The maximum Gasteiger partial charge on any atom is 0.244 e. The van der Waals surface area contributed by atoms with Gasteiger partial charge in [-0.15, -0.1) is 0 Å². The third-order valence-electron chi connectivity index (χ3n) is 4.55. The molecule has 2 amide bonds. The van der Waals surface area contributed by atoms with Crippen molar-refractivity contribution >= 4 is 28.5 Å². The van der Waals surface area contributed by atoms with Gasteiger partial charge in [0.1, 0.15) is 12.4 Å². The number of anilines is 1. The van der Waals surface area contributed by atoms with Crippen LogP contribution >= 0.6 is 0 Å². The third-order valence-corrected chi connectivity index (χ3v) is 4.55. The lowest BCUT2D eigenvalue weighted by Crippen LogP contribution is -2.26. The van der Waals surface area contributed by atoms with Crippen LogP contribution in [0.25, 0.3) is 11.0 Å². The number of rotatable bonds is 6. The first-order chi connectivity index (χ1) is 13.0.